The summed E-state index contributed by atoms with van der Waals surface area (Å²) in [5.41, 5.74) is 6.59. The quantitative estimate of drug-likeness (QED) is 0.935. The van der Waals surface area contributed by atoms with Gasteiger partial charge < -0.3 is 15.2 Å². The first-order chi connectivity index (χ1) is 11.6. The number of anilines is 1. The number of amides is 1. The van der Waals surface area contributed by atoms with Crippen LogP contribution >= 0.6 is 0 Å². The number of hydrogen-bond donors (Lipinski definition) is 1. The Bertz CT molecular complexity index is 783. The summed E-state index contributed by atoms with van der Waals surface area (Å²) >= 11 is 0. The van der Waals surface area contributed by atoms with Crippen molar-refractivity contribution >= 4 is 11.6 Å². The van der Waals surface area contributed by atoms with E-state index >= 15 is 0 Å². The van der Waals surface area contributed by atoms with Gasteiger partial charge >= 0.3 is 0 Å². The summed E-state index contributed by atoms with van der Waals surface area (Å²) < 4.78 is 19.5. The molecule has 2 aliphatic rings. The molecule has 0 atom stereocenters. The van der Waals surface area contributed by atoms with Crippen molar-refractivity contribution in [2.24, 2.45) is 5.73 Å². The Hall–Kier alpha value is -2.28. The maximum Gasteiger partial charge on any atom is 0.261 e. The molecule has 0 radical (unpaired) electrons. The molecule has 126 valence electrons. The molecule has 1 saturated carbocycles. The number of benzene rings is 1. The summed E-state index contributed by atoms with van der Waals surface area (Å²) in [5.74, 6) is 0.119. The third-order valence-corrected chi connectivity index (χ3v) is 4.93. The molecule has 2 heterocycles. The van der Waals surface area contributed by atoms with Crippen LogP contribution in [0.1, 0.15) is 44.3 Å². The van der Waals surface area contributed by atoms with Crippen molar-refractivity contribution in [2.45, 2.75) is 44.1 Å². The Morgan fingerprint density at radius 2 is 2.04 bits per heavy atom. The van der Waals surface area contributed by atoms with Crippen molar-refractivity contribution in [2.75, 3.05) is 11.4 Å². The van der Waals surface area contributed by atoms with Crippen molar-refractivity contribution < 1.29 is 13.7 Å². The number of hydrogen-bond acceptors (Lipinski definition) is 5. The lowest BCUT2D eigenvalue weighted by Gasteiger charge is -2.17. The minimum Gasteiger partial charge on any atom is -0.334 e. The van der Waals surface area contributed by atoms with Crippen LogP contribution in [0.3, 0.4) is 0 Å². The molecule has 2 aromatic rings. The second-order valence-electron chi connectivity index (χ2n) is 6.60. The maximum atomic E-state index is 14.3. The van der Waals surface area contributed by atoms with Crippen LogP contribution in [0, 0.1) is 5.82 Å². The number of nitrogens with two attached hydrogens (primary N) is 1. The van der Waals surface area contributed by atoms with E-state index in [0.29, 0.717) is 24.5 Å². The van der Waals surface area contributed by atoms with Crippen LogP contribution in [-0.2, 0) is 10.3 Å². The van der Waals surface area contributed by atoms with E-state index in [0.717, 1.165) is 32.1 Å². The third kappa shape index (κ3) is 2.49. The highest BCUT2D eigenvalue weighted by Gasteiger charge is 2.36. The van der Waals surface area contributed by atoms with Crippen LogP contribution in [0.2, 0.25) is 0 Å². The molecule has 1 saturated heterocycles. The summed E-state index contributed by atoms with van der Waals surface area (Å²) in [6.45, 7) is 0.644. The lowest BCUT2D eigenvalue weighted by molar-refractivity contribution is -0.117. The van der Waals surface area contributed by atoms with Crippen LogP contribution < -0.4 is 10.6 Å². The average Bonchev–Trinajstić information content (AvgIpc) is 3.29. The van der Waals surface area contributed by atoms with Crippen LogP contribution in [0.5, 0.6) is 0 Å². The van der Waals surface area contributed by atoms with Gasteiger partial charge in [-0.25, -0.2) is 4.39 Å². The fourth-order valence-electron chi connectivity index (χ4n) is 3.53. The van der Waals surface area contributed by atoms with Crippen molar-refractivity contribution in [3.05, 3.63) is 29.8 Å². The fraction of sp³-hybridized carbons (Fsp3) is 0.471. The molecule has 1 amide bonds. The number of aromatic nitrogens is 2. The van der Waals surface area contributed by atoms with Gasteiger partial charge in [-0.15, -0.1) is 0 Å². The Balaban J connectivity index is 1.69. The van der Waals surface area contributed by atoms with E-state index in [1.807, 2.05) is 0 Å². The lowest BCUT2D eigenvalue weighted by atomic mass is 9.98. The molecule has 1 aromatic heterocycles. The van der Waals surface area contributed by atoms with E-state index in [9.17, 15) is 9.18 Å². The predicted octanol–water partition coefficient (Wildman–Crippen LogP) is 2.73. The number of carbonyl (C=O) groups excluding carboxylic acids is 1. The number of carbonyl (C=O) groups is 1. The van der Waals surface area contributed by atoms with E-state index in [4.69, 9.17) is 10.3 Å². The molecular weight excluding hydrogens is 311 g/mol. The SMILES string of the molecule is NC1(c2noc(-c3cc(N4CCCC4=O)ccc3F)n2)CCCC1. The van der Waals surface area contributed by atoms with Crippen LogP contribution in [0.15, 0.2) is 22.7 Å². The summed E-state index contributed by atoms with van der Waals surface area (Å²) in [5, 5.41) is 3.97. The highest BCUT2D eigenvalue weighted by atomic mass is 19.1. The predicted molar refractivity (Wildman–Crippen MR) is 85.6 cm³/mol. The van der Waals surface area contributed by atoms with E-state index < -0.39 is 11.4 Å². The van der Waals surface area contributed by atoms with Gasteiger partial charge in [-0.1, -0.05) is 18.0 Å². The van der Waals surface area contributed by atoms with Gasteiger partial charge in [-0.05, 0) is 37.5 Å². The zero-order valence-corrected chi connectivity index (χ0v) is 13.3. The minimum atomic E-state index is -0.583. The molecule has 0 spiro atoms. The largest absolute Gasteiger partial charge is 0.334 e. The lowest BCUT2D eigenvalue weighted by Crippen LogP contribution is -2.34. The monoisotopic (exact) mass is 330 g/mol. The molecule has 7 heteroatoms. The molecule has 2 N–H and O–H groups in total. The van der Waals surface area contributed by atoms with Gasteiger partial charge in [0.25, 0.3) is 5.89 Å². The minimum absolute atomic E-state index is 0.0469. The van der Waals surface area contributed by atoms with Gasteiger partial charge in [0.05, 0.1) is 11.1 Å². The summed E-state index contributed by atoms with van der Waals surface area (Å²) in [7, 11) is 0. The Kier molecular flexibility index (Phi) is 3.60. The van der Waals surface area contributed by atoms with Gasteiger partial charge in [0, 0.05) is 18.7 Å². The molecular formula is C17H19FN4O2. The topological polar surface area (TPSA) is 85.2 Å². The number of rotatable bonds is 3. The van der Waals surface area contributed by atoms with Gasteiger partial charge in [0.2, 0.25) is 5.91 Å². The smallest absolute Gasteiger partial charge is 0.261 e. The Morgan fingerprint density at radius 1 is 1.25 bits per heavy atom. The van der Waals surface area contributed by atoms with Gasteiger partial charge in [-0.2, -0.15) is 4.98 Å². The number of halogens is 1. The molecule has 1 aliphatic heterocycles. The molecule has 24 heavy (non-hydrogen) atoms. The van der Waals surface area contributed by atoms with Crippen LogP contribution in [0.4, 0.5) is 10.1 Å². The van der Waals surface area contributed by atoms with Crippen molar-refractivity contribution in [3.8, 4) is 11.5 Å². The highest BCUT2D eigenvalue weighted by molar-refractivity contribution is 5.95. The molecule has 6 nitrogen and oxygen atoms in total. The summed E-state index contributed by atoms with van der Waals surface area (Å²) in [6, 6.07) is 4.52. The molecule has 4 rings (SSSR count). The summed E-state index contributed by atoms with van der Waals surface area (Å²) in [6.07, 6.45) is 5.00. The van der Waals surface area contributed by atoms with Crippen molar-refractivity contribution in [1.29, 1.82) is 0 Å². The molecule has 0 bridgehead atoms. The molecule has 1 aliphatic carbocycles. The van der Waals surface area contributed by atoms with E-state index in [-0.39, 0.29) is 17.4 Å². The molecule has 0 unspecified atom stereocenters. The van der Waals surface area contributed by atoms with E-state index in [1.165, 1.54) is 6.07 Å². The summed E-state index contributed by atoms with van der Waals surface area (Å²) in [4.78, 5) is 17.9. The highest BCUT2D eigenvalue weighted by Crippen LogP contribution is 2.36. The van der Waals surface area contributed by atoms with Gasteiger partial charge in [0.15, 0.2) is 5.82 Å². The van der Waals surface area contributed by atoms with Crippen molar-refractivity contribution in [1.82, 2.24) is 10.1 Å². The second kappa shape index (κ2) is 5.66. The first-order valence-corrected chi connectivity index (χ1v) is 8.30. The maximum absolute atomic E-state index is 14.3. The second-order valence-corrected chi connectivity index (χ2v) is 6.60. The van der Waals surface area contributed by atoms with Crippen LogP contribution in [0.25, 0.3) is 11.5 Å². The first-order valence-electron chi connectivity index (χ1n) is 8.30. The van der Waals surface area contributed by atoms with Crippen LogP contribution in [-0.4, -0.2) is 22.6 Å². The Labute approximate surface area is 138 Å². The van der Waals surface area contributed by atoms with Crippen molar-refractivity contribution in [3.63, 3.8) is 0 Å². The number of nitrogens with zero attached hydrogens (tertiary/aromatic N) is 3. The molecule has 2 fully saturated rings. The first kappa shape index (κ1) is 15.3. The standard InChI is InChI=1S/C17H19FN4O2/c18-13-6-5-11(22-9-3-4-14(22)23)10-12(13)15-20-16(21-24-15)17(19)7-1-2-8-17/h5-6,10H,1-4,7-9,19H2. The van der Waals surface area contributed by atoms with E-state index in [1.54, 1.807) is 17.0 Å². The molecule has 1 aromatic carbocycles. The Morgan fingerprint density at radius 3 is 2.75 bits per heavy atom. The average molecular weight is 330 g/mol. The zero-order valence-electron chi connectivity index (χ0n) is 13.3. The van der Waals surface area contributed by atoms with Gasteiger partial charge in [0.1, 0.15) is 5.82 Å². The van der Waals surface area contributed by atoms with Gasteiger partial charge in [-0.3, -0.25) is 4.79 Å². The normalized spacial score (nSPS) is 20.1. The third-order valence-electron chi connectivity index (χ3n) is 4.93. The van der Waals surface area contributed by atoms with E-state index in [2.05, 4.69) is 10.1 Å². The zero-order chi connectivity index (χ0) is 16.7. The fourth-order valence-corrected chi connectivity index (χ4v) is 3.53.